The van der Waals surface area contributed by atoms with Crippen LogP contribution >= 0.6 is 0 Å². The zero-order chi connectivity index (χ0) is 56.3. The maximum Gasteiger partial charge on any atom is 0.407 e. The van der Waals surface area contributed by atoms with E-state index in [1.807, 2.05) is 27.6 Å². The van der Waals surface area contributed by atoms with E-state index in [4.69, 9.17) is 9.47 Å². The minimum absolute atomic E-state index is 0.286. The van der Waals surface area contributed by atoms with Crippen LogP contribution in [0, 0.1) is 22.7 Å². The molecule has 19 nitrogen and oxygen atoms in total. The molecule has 2 aromatic carbocycles. The molecule has 4 fully saturated rings. The maximum atomic E-state index is 14.6. The minimum Gasteiger partial charge on any atom is -0.453 e. The Kier molecular flexibility index (Phi) is 17.0. The largest absolute Gasteiger partial charge is 0.453 e. The second-order valence-corrected chi connectivity index (χ2v) is 21.2. The number of ether oxygens (including phenoxy) is 3. The third-order valence-corrected chi connectivity index (χ3v) is 14.9. The van der Waals surface area contributed by atoms with Crippen LogP contribution in [0.4, 0.5) is 41.9 Å². The number of benzene rings is 2. The van der Waals surface area contributed by atoms with Gasteiger partial charge >= 0.3 is 24.5 Å². The van der Waals surface area contributed by atoms with Crippen molar-refractivity contribution in [1.82, 2.24) is 51.0 Å². The van der Waals surface area contributed by atoms with Gasteiger partial charge in [0.05, 0.1) is 61.2 Å². The van der Waals surface area contributed by atoms with Gasteiger partial charge in [-0.25, -0.2) is 24.6 Å². The van der Waals surface area contributed by atoms with Crippen molar-refractivity contribution in [1.29, 1.82) is 0 Å². The number of alkyl halides is 6. The third kappa shape index (κ3) is 13.1. The summed E-state index contributed by atoms with van der Waals surface area (Å²) in [5, 5.41) is 24.3. The number of nitrogens with zero attached hydrogens (tertiary/aromatic N) is 7. The maximum absolute atomic E-state index is 14.6. The molecule has 5 N–H and O–H groups in total. The predicted octanol–water partition coefficient (Wildman–Crippen LogP) is 5.28. The number of rotatable bonds is 19. The number of alkyl carbamates (subject to hydrolysis) is 2. The number of carbonyl (C=O) groups excluding carboxylic acids is 4. The summed E-state index contributed by atoms with van der Waals surface area (Å²) in [4.78, 5) is 66.9. The second kappa shape index (κ2) is 23.1. The molecule has 1 aliphatic carbocycles. The number of piperazine rings is 1. The Morgan fingerprint density at radius 1 is 0.795 bits per heavy atom. The number of hydrogen-bond acceptors (Lipinski definition) is 14. The third-order valence-electron chi connectivity index (χ3n) is 14.9. The molecule has 1 saturated carbocycles. The smallest absolute Gasteiger partial charge is 0.407 e. The van der Waals surface area contributed by atoms with Gasteiger partial charge in [0.15, 0.2) is 6.10 Å². The topological polar surface area (TPSA) is 218 Å². The molecule has 4 amide bonds. The van der Waals surface area contributed by atoms with Crippen LogP contribution in [0.25, 0.3) is 11.3 Å². The number of aromatic nitrogens is 4. The van der Waals surface area contributed by atoms with E-state index in [1.165, 1.54) is 0 Å². The summed E-state index contributed by atoms with van der Waals surface area (Å²) in [7, 11) is 1.98. The molecule has 25 heteroatoms. The van der Waals surface area contributed by atoms with E-state index in [0.717, 1.165) is 70.3 Å². The zero-order valence-electron chi connectivity index (χ0n) is 43.8. The van der Waals surface area contributed by atoms with Gasteiger partial charge in [-0.15, -0.1) is 0 Å². The highest BCUT2D eigenvalue weighted by Gasteiger charge is 2.58. The number of anilines is 1. The number of fused-ring (bicyclic) bond motifs is 2. The lowest BCUT2D eigenvalue weighted by Crippen LogP contribution is -2.62. The van der Waals surface area contributed by atoms with Gasteiger partial charge in [-0.05, 0) is 82.7 Å². The summed E-state index contributed by atoms with van der Waals surface area (Å²) in [5.74, 6) is 3.88. The summed E-state index contributed by atoms with van der Waals surface area (Å²) in [6.45, 7) is 4.97. The summed E-state index contributed by atoms with van der Waals surface area (Å²) in [6.07, 6.45) is -9.29. The van der Waals surface area contributed by atoms with E-state index >= 15 is 0 Å². The van der Waals surface area contributed by atoms with Crippen molar-refractivity contribution in [2.75, 3.05) is 51.9 Å². The van der Waals surface area contributed by atoms with E-state index in [-0.39, 0.29) is 13.0 Å². The first-order valence-corrected chi connectivity index (χ1v) is 25.4. The molecule has 6 atom stereocenters. The Morgan fingerprint density at radius 3 is 2.00 bits per heavy atom. The summed E-state index contributed by atoms with van der Waals surface area (Å²) in [5.41, 5.74) is -0.191. The van der Waals surface area contributed by atoms with Crippen LogP contribution in [0.15, 0.2) is 73.2 Å². The number of hydrazine groups is 1. The number of aliphatic hydroxyl groups is 1. The van der Waals surface area contributed by atoms with Gasteiger partial charge in [0.25, 0.3) is 5.91 Å². The van der Waals surface area contributed by atoms with Crippen LogP contribution in [0.3, 0.4) is 0 Å². The van der Waals surface area contributed by atoms with Crippen molar-refractivity contribution < 1.29 is 64.8 Å². The van der Waals surface area contributed by atoms with Crippen LogP contribution in [-0.4, -0.2) is 161 Å². The number of likely N-dealkylation sites (tertiary alicyclic amines) is 1. The first-order valence-electron chi connectivity index (χ1n) is 25.4. The molecular weight excluding hydrogens is 1030 g/mol. The van der Waals surface area contributed by atoms with Crippen molar-refractivity contribution in [2.24, 2.45) is 10.8 Å². The second-order valence-electron chi connectivity index (χ2n) is 21.2. The highest BCUT2D eigenvalue weighted by molar-refractivity contribution is 5.87. The van der Waals surface area contributed by atoms with Gasteiger partial charge in [-0.2, -0.15) is 31.4 Å². The fourth-order valence-corrected chi connectivity index (χ4v) is 9.52. The van der Waals surface area contributed by atoms with Crippen molar-refractivity contribution in [3.05, 3.63) is 95.4 Å². The highest BCUT2D eigenvalue weighted by atomic mass is 19.4. The van der Waals surface area contributed by atoms with Gasteiger partial charge in [-0.1, -0.05) is 48.2 Å². The summed E-state index contributed by atoms with van der Waals surface area (Å²) in [6, 6.07) is 12.8. The first-order chi connectivity index (χ1) is 36.8. The van der Waals surface area contributed by atoms with Gasteiger partial charge in [0.2, 0.25) is 11.9 Å². The molecule has 0 spiro atoms. The van der Waals surface area contributed by atoms with Gasteiger partial charge in [-0.3, -0.25) is 24.6 Å². The Balaban J connectivity index is 1.05. The molecule has 0 unspecified atom stereocenters. The SMILES string of the molecule is CNC(=O)O[C@H](C(=O)NN(Cc1ccc(-c2ccn(C3CC3)n2)cc1)C[C@H](O)[C@H](Cc1ccc(C#Cc2cnc(N3C[C@H]4C[C@@H]3CN4C3COC3)nc2)cc1)NC(=O)[C@@H](NC(=O)OC)C(C)(C)C(F)(F)F)C(C)(C)C(F)(F)F. The molecule has 4 aliphatic rings. The molecule has 420 valence electrons. The van der Waals surface area contributed by atoms with E-state index < -0.39 is 78.0 Å². The molecule has 4 aromatic rings. The lowest BCUT2D eigenvalue weighted by Gasteiger charge is -2.42. The molecule has 2 aromatic heterocycles. The van der Waals surface area contributed by atoms with Crippen LogP contribution in [0.5, 0.6) is 0 Å². The Labute approximate surface area is 446 Å². The fourth-order valence-electron chi connectivity index (χ4n) is 9.52. The highest BCUT2D eigenvalue weighted by Crippen LogP contribution is 2.43. The summed E-state index contributed by atoms with van der Waals surface area (Å²) >= 11 is 0. The number of halogens is 6. The molecule has 3 aliphatic heterocycles. The van der Waals surface area contributed by atoms with E-state index in [2.05, 4.69) is 52.2 Å². The van der Waals surface area contributed by atoms with E-state index in [9.17, 15) is 50.6 Å². The van der Waals surface area contributed by atoms with Crippen LogP contribution < -0.4 is 26.3 Å². The molecule has 3 saturated heterocycles. The van der Waals surface area contributed by atoms with Crippen molar-refractivity contribution in [3.63, 3.8) is 0 Å². The van der Waals surface area contributed by atoms with Crippen LogP contribution in [-0.2, 0) is 36.8 Å². The van der Waals surface area contributed by atoms with Crippen molar-refractivity contribution in [3.8, 4) is 23.1 Å². The van der Waals surface area contributed by atoms with Gasteiger partial charge < -0.3 is 40.2 Å². The molecule has 78 heavy (non-hydrogen) atoms. The predicted molar refractivity (Wildman–Crippen MR) is 270 cm³/mol. The molecule has 8 rings (SSSR count). The Morgan fingerprint density at radius 2 is 1.44 bits per heavy atom. The number of carbonyl (C=O) groups is 4. The quantitative estimate of drug-likeness (QED) is 0.0459. The number of hydrogen-bond donors (Lipinski definition) is 5. The molecule has 0 radical (unpaired) electrons. The number of amides is 4. The normalized spacial score (nSPS) is 19.4. The molecule has 2 bridgehead atoms. The average molecular weight is 1100 g/mol. The molecule has 5 heterocycles. The minimum atomic E-state index is -5.09. The Bertz CT molecular complexity index is 2830. The first kappa shape index (κ1) is 57.2. The fraction of sp³-hybridized carbons (Fsp3) is 0.528. The van der Waals surface area contributed by atoms with Crippen molar-refractivity contribution in [2.45, 2.75) is 121 Å². The molecular formula is C53H63F6N11O8. The standard InChI is InChI=1S/C53H63F6N11O8/c1-50(2,52(54,55)56)43(64-49(75)76-6)45(72)63-41(21-32-10-7-31(8-11-32)9-12-34-23-61-47(62-24-34)69-27-37-22-38(69)26-68(37)39-29-77-30-39)42(71)28-67(66-46(73)44(78-48(74)60-5)51(3,4)53(57,58)59)25-33-13-15-35(16-14-33)40-19-20-70(65-40)36-17-18-36/h7-8,10-11,13-16,19-20,23-24,36-39,41-44,71H,17-18,21-22,25-30H2,1-6H3,(H,60,74)(H,63,72)(H,64,75)(H,66,73)/t37-,38-,41+,42+,43-,44-/m1/s1. The van der Waals surface area contributed by atoms with Gasteiger partial charge in [0.1, 0.15) is 11.5 Å². The Hall–Kier alpha value is -7.01. The lowest BCUT2D eigenvalue weighted by molar-refractivity contribution is -0.239. The average Bonchev–Trinajstić information content (AvgIpc) is 3.96. The number of methoxy groups -OCH3 is 1. The zero-order valence-corrected chi connectivity index (χ0v) is 43.8. The van der Waals surface area contributed by atoms with Gasteiger partial charge in [0, 0.05) is 75.0 Å². The monoisotopic (exact) mass is 1100 g/mol. The van der Waals surface area contributed by atoms with E-state index in [0.29, 0.717) is 85.8 Å². The lowest BCUT2D eigenvalue weighted by atomic mass is 9.82. The van der Waals surface area contributed by atoms with Crippen LogP contribution in [0.2, 0.25) is 0 Å². The number of nitrogens with one attached hydrogen (secondary N) is 4. The van der Waals surface area contributed by atoms with Crippen LogP contribution in [0.1, 0.15) is 75.3 Å². The number of aliphatic hydroxyl groups excluding tert-OH is 1. The van der Waals surface area contributed by atoms with Crippen molar-refractivity contribution >= 4 is 29.9 Å². The summed E-state index contributed by atoms with van der Waals surface area (Å²) < 4.78 is 104. The van der Waals surface area contributed by atoms with E-state index in [1.54, 1.807) is 60.9 Å².